The van der Waals surface area contributed by atoms with Gasteiger partial charge in [-0.1, -0.05) is 6.92 Å². The Morgan fingerprint density at radius 1 is 1.50 bits per heavy atom. The summed E-state index contributed by atoms with van der Waals surface area (Å²) in [6.07, 6.45) is 4.44. The number of hydrogen-bond acceptors (Lipinski definition) is 4. The monoisotopic (exact) mass is 191 g/mol. The Labute approximate surface area is 82.2 Å². The molecule has 2 aromatic rings. The van der Waals surface area contributed by atoms with Gasteiger partial charge in [-0.25, -0.2) is 4.98 Å². The summed E-state index contributed by atoms with van der Waals surface area (Å²) in [6, 6.07) is 2.08. The first-order chi connectivity index (χ1) is 6.86. The first-order valence-electron chi connectivity index (χ1n) is 4.68. The molecule has 0 aromatic carbocycles. The van der Waals surface area contributed by atoms with Crippen molar-refractivity contribution < 1.29 is 0 Å². The van der Waals surface area contributed by atoms with Gasteiger partial charge in [0.05, 0.1) is 6.04 Å². The minimum atomic E-state index is 0.231. The highest BCUT2D eigenvalue weighted by Crippen LogP contribution is 2.13. The first kappa shape index (κ1) is 9.08. The van der Waals surface area contributed by atoms with Crippen LogP contribution in [-0.4, -0.2) is 26.6 Å². The third kappa shape index (κ3) is 1.35. The highest BCUT2D eigenvalue weighted by molar-refractivity contribution is 5.35. The molecule has 5 nitrogen and oxygen atoms in total. The molecule has 0 aliphatic carbocycles. The van der Waals surface area contributed by atoms with Crippen molar-refractivity contribution in [1.82, 2.24) is 24.9 Å². The highest BCUT2D eigenvalue weighted by Gasteiger charge is 2.13. The van der Waals surface area contributed by atoms with Crippen LogP contribution in [0.3, 0.4) is 0 Å². The van der Waals surface area contributed by atoms with Crippen LogP contribution in [-0.2, 0) is 0 Å². The Balaban J connectivity index is 2.51. The lowest BCUT2D eigenvalue weighted by atomic mass is 10.2. The summed E-state index contributed by atoms with van der Waals surface area (Å²) >= 11 is 0. The number of nitrogens with one attached hydrogen (secondary N) is 1. The van der Waals surface area contributed by atoms with Gasteiger partial charge in [-0.15, -0.1) is 10.2 Å². The Morgan fingerprint density at radius 2 is 2.36 bits per heavy atom. The van der Waals surface area contributed by atoms with E-state index in [4.69, 9.17) is 0 Å². The lowest BCUT2D eigenvalue weighted by Gasteiger charge is -2.10. The summed E-state index contributed by atoms with van der Waals surface area (Å²) in [6.45, 7) is 2.11. The topological polar surface area (TPSA) is 55.1 Å². The maximum atomic E-state index is 4.15. The van der Waals surface area contributed by atoms with Gasteiger partial charge in [0.15, 0.2) is 11.5 Å². The fourth-order valence-electron chi connectivity index (χ4n) is 1.52. The zero-order valence-electron chi connectivity index (χ0n) is 8.31. The van der Waals surface area contributed by atoms with Crippen molar-refractivity contribution >= 4 is 5.65 Å². The molecule has 1 atom stereocenters. The van der Waals surface area contributed by atoms with Crippen LogP contribution in [0, 0.1) is 0 Å². The number of aromatic nitrogens is 4. The lowest BCUT2D eigenvalue weighted by molar-refractivity contribution is 0.538. The molecule has 0 saturated heterocycles. The van der Waals surface area contributed by atoms with Gasteiger partial charge >= 0.3 is 0 Å². The van der Waals surface area contributed by atoms with Crippen molar-refractivity contribution in [2.45, 2.75) is 19.4 Å². The summed E-state index contributed by atoms with van der Waals surface area (Å²) in [7, 11) is 1.92. The van der Waals surface area contributed by atoms with Crippen molar-refractivity contribution in [2.24, 2.45) is 0 Å². The van der Waals surface area contributed by atoms with Crippen molar-refractivity contribution in [1.29, 1.82) is 0 Å². The molecule has 1 N–H and O–H groups in total. The normalized spacial score (nSPS) is 13.3. The average molecular weight is 191 g/mol. The molecule has 14 heavy (non-hydrogen) atoms. The minimum absolute atomic E-state index is 0.231. The second-order valence-corrected chi connectivity index (χ2v) is 3.12. The van der Waals surface area contributed by atoms with Crippen LogP contribution in [0.2, 0.25) is 0 Å². The predicted octanol–water partition coefficient (Wildman–Crippen LogP) is 0.795. The van der Waals surface area contributed by atoms with Crippen LogP contribution in [0.4, 0.5) is 0 Å². The molecule has 2 heterocycles. The summed E-state index contributed by atoms with van der Waals surface area (Å²) in [5.74, 6) is 0.915. The minimum Gasteiger partial charge on any atom is -0.310 e. The van der Waals surface area contributed by atoms with Crippen LogP contribution in [0.15, 0.2) is 18.6 Å². The molecule has 0 radical (unpaired) electrons. The summed E-state index contributed by atoms with van der Waals surface area (Å²) in [5.41, 5.74) is 0.837. The van der Waals surface area contributed by atoms with Crippen LogP contribution >= 0.6 is 0 Å². The van der Waals surface area contributed by atoms with Crippen LogP contribution in [0.5, 0.6) is 0 Å². The average Bonchev–Trinajstić information content (AvgIpc) is 2.65. The molecule has 74 valence electrons. The molecule has 2 rings (SSSR count). The fourth-order valence-corrected chi connectivity index (χ4v) is 1.52. The Morgan fingerprint density at radius 3 is 3.07 bits per heavy atom. The van der Waals surface area contributed by atoms with E-state index < -0.39 is 0 Å². The van der Waals surface area contributed by atoms with Crippen molar-refractivity contribution in [3.63, 3.8) is 0 Å². The third-order valence-electron chi connectivity index (χ3n) is 2.31. The van der Waals surface area contributed by atoms with Crippen LogP contribution < -0.4 is 5.32 Å². The zero-order valence-corrected chi connectivity index (χ0v) is 8.31. The maximum absolute atomic E-state index is 4.15. The van der Waals surface area contributed by atoms with Gasteiger partial charge in [-0.2, -0.15) is 0 Å². The molecule has 0 amide bonds. The largest absolute Gasteiger partial charge is 0.310 e. The van der Waals surface area contributed by atoms with E-state index in [1.807, 2.05) is 17.5 Å². The summed E-state index contributed by atoms with van der Waals surface area (Å²) < 4.78 is 1.91. The van der Waals surface area contributed by atoms with E-state index >= 15 is 0 Å². The molecular weight excluding hydrogens is 178 g/mol. The SMILES string of the molecule is CCC(NC)c1nnc2ccncn12. The van der Waals surface area contributed by atoms with Gasteiger partial charge < -0.3 is 5.32 Å². The van der Waals surface area contributed by atoms with Crippen LogP contribution in [0.1, 0.15) is 25.2 Å². The van der Waals surface area contributed by atoms with Gasteiger partial charge in [0, 0.05) is 12.3 Å². The highest BCUT2D eigenvalue weighted by atomic mass is 15.3. The number of hydrogen-bond donors (Lipinski definition) is 1. The molecular formula is C9H13N5. The Kier molecular flexibility index (Phi) is 2.41. The number of fused-ring (bicyclic) bond motifs is 1. The molecule has 0 saturated carbocycles. The van der Waals surface area contributed by atoms with Crippen molar-refractivity contribution in [3.05, 3.63) is 24.4 Å². The Bertz CT molecular complexity index is 418. The van der Waals surface area contributed by atoms with E-state index in [-0.39, 0.29) is 6.04 Å². The predicted molar refractivity (Wildman–Crippen MR) is 52.9 cm³/mol. The molecule has 0 aliphatic heterocycles. The van der Waals surface area contributed by atoms with Gasteiger partial charge in [-0.3, -0.25) is 4.40 Å². The Hall–Kier alpha value is -1.49. The third-order valence-corrected chi connectivity index (χ3v) is 2.31. The standard InChI is InChI=1S/C9H13N5/c1-3-7(10-2)9-13-12-8-4-5-11-6-14(8)9/h4-7,10H,3H2,1-2H3. The summed E-state index contributed by atoms with van der Waals surface area (Å²) in [5, 5.41) is 11.4. The maximum Gasteiger partial charge on any atom is 0.163 e. The fraction of sp³-hybridized carbons (Fsp3) is 0.444. The molecule has 2 aromatic heterocycles. The van der Waals surface area contributed by atoms with E-state index in [0.29, 0.717) is 0 Å². The zero-order chi connectivity index (χ0) is 9.97. The molecule has 1 unspecified atom stereocenters. The van der Waals surface area contributed by atoms with Gasteiger partial charge in [0.2, 0.25) is 0 Å². The van der Waals surface area contributed by atoms with Gasteiger partial charge in [0.1, 0.15) is 6.33 Å². The molecule has 0 bridgehead atoms. The van der Waals surface area contributed by atoms with Gasteiger partial charge in [-0.05, 0) is 13.5 Å². The van der Waals surface area contributed by atoms with Crippen molar-refractivity contribution in [3.8, 4) is 0 Å². The smallest absolute Gasteiger partial charge is 0.163 e. The van der Waals surface area contributed by atoms with E-state index in [0.717, 1.165) is 17.9 Å². The molecule has 0 spiro atoms. The van der Waals surface area contributed by atoms with E-state index in [9.17, 15) is 0 Å². The van der Waals surface area contributed by atoms with Gasteiger partial charge in [0.25, 0.3) is 0 Å². The van der Waals surface area contributed by atoms with E-state index in [2.05, 4.69) is 27.4 Å². The number of nitrogens with zero attached hydrogens (tertiary/aromatic N) is 4. The second-order valence-electron chi connectivity index (χ2n) is 3.12. The quantitative estimate of drug-likeness (QED) is 0.779. The first-order valence-corrected chi connectivity index (χ1v) is 4.68. The molecule has 5 heteroatoms. The van der Waals surface area contributed by atoms with E-state index in [1.165, 1.54) is 0 Å². The summed E-state index contributed by atoms with van der Waals surface area (Å²) in [4.78, 5) is 4.05. The lowest BCUT2D eigenvalue weighted by Crippen LogP contribution is -2.18. The van der Waals surface area contributed by atoms with Crippen LogP contribution in [0.25, 0.3) is 5.65 Å². The van der Waals surface area contributed by atoms with Crippen molar-refractivity contribution in [2.75, 3.05) is 7.05 Å². The second kappa shape index (κ2) is 3.71. The molecule has 0 aliphatic rings. The number of rotatable bonds is 3. The van der Waals surface area contributed by atoms with E-state index in [1.54, 1.807) is 12.5 Å². The molecule has 0 fully saturated rings.